The summed E-state index contributed by atoms with van der Waals surface area (Å²) in [6.07, 6.45) is 11.7. The molecular weight excluding hydrogens is 836 g/mol. The number of ketones is 2. The highest BCUT2D eigenvalue weighted by Crippen LogP contribution is 2.79. The van der Waals surface area contributed by atoms with Crippen molar-refractivity contribution >= 4 is 37.1 Å². The Kier molecular flexibility index (Phi) is 9.51. The van der Waals surface area contributed by atoms with Crippen LogP contribution in [-0.2, 0) is 35.7 Å². The molecule has 3 saturated carbocycles. The lowest BCUT2D eigenvalue weighted by Gasteiger charge is -2.70. The summed E-state index contributed by atoms with van der Waals surface area (Å²) in [6.45, 7) is 16.5. The van der Waals surface area contributed by atoms with Crippen molar-refractivity contribution in [1.82, 2.24) is 10.2 Å². The van der Waals surface area contributed by atoms with Crippen molar-refractivity contribution in [3.63, 3.8) is 0 Å². The summed E-state index contributed by atoms with van der Waals surface area (Å²) in [4.78, 5) is 68.0. The highest BCUT2D eigenvalue weighted by Gasteiger charge is 2.89. The van der Waals surface area contributed by atoms with Gasteiger partial charge in [0.05, 0.1) is 35.5 Å². The van der Waals surface area contributed by atoms with Gasteiger partial charge in [-0.05, 0) is 93.2 Å². The highest BCUT2D eigenvalue weighted by atomic mass is 31.2. The monoisotopic (exact) mass is 892 g/mol. The van der Waals surface area contributed by atoms with Gasteiger partial charge < -0.3 is 28.4 Å². The van der Waals surface area contributed by atoms with E-state index in [4.69, 9.17) is 23.5 Å². The number of hydrogen-bond acceptors (Lipinski definition) is 11. The van der Waals surface area contributed by atoms with Crippen LogP contribution < -0.4 is 19.3 Å². The van der Waals surface area contributed by atoms with E-state index in [9.17, 15) is 19.1 Å². The molecule has 3 N–H and O–H groups in total. The van der Waals surface area contributed by atoms with Crippen LogP contribution in [0.4, 0.5) is 0 Å². The van der Waals surface area contributed by atoms with Crippen LogP contribution >= 0.6 is 7.82 Å². The van der Waals surface area contributed by atoms with E-state index in [0.717, 1.165) is 17.6 Å². The first-order valence-corrected chi connectivity index (χ1v) is 23.9. The van der Waals surface area contributed by atoms with Crippen LogP contribution in [0.1, 0.15) is 114 Å². The molecular formula is C50H57N2O11P. The first kappa shape index (κ1) is 43.1. The fraction of sp³-hybridized carbons (Fsp3) is 0.500. The normalized spacial score (nSPS) is 33.0. The summed E-state index contributed by atoms with van der Waals surface area (Å²) in [5, 5.41) is 3.92. The number of methoxy groups -OCH3 is 1. The Hall–Kier alpha value is -4.78. The summed E-state index contributed by atoms with van der Waals surface area (Å²) in [6, 6.07) is 7.50. The van der Waals surface area contributed by atoms with Crippen molar-refractivity contribution in [3.05, 3.63) is 98.7 Å². The number of Topliss-reactive ketones (excluding diaryl/α,β-unsaturated/α-hetero) is 2. The number of rotatable bonds is 10. The van der Waals surface area contributed by atoms with Gasteiger partial charge in [-0.25, -0.2) is 9.36 Å². The number of phosphoric ester groups is 1. The van der Waals surface area contributed by atoms with Crippen molar-refractivity contribution in [2.75, 3.05) is 20.2 Å². The third-order valence-corrected chi connectivity index (χ3v) is 15.9. The number of phosphoric acid groups is 1. The fourth-order valence-electron chi connectivity index (χ4n) is 13.2. The summed E-state index contributed by atoms with van der Waals surface area (Å²) >= 11 is 0. The van der Waals surface area contributed by atoms with E-state index in [1.165, 1.54) is 12.7 Å². The summed E-state index contributed by atoms with van der Waals surface area (Å²) in [5.74, 6) is -2.92. The number of allylic oxidation sites excluding steroid dienone is 5. The van der Waals surface area contributed by atoms with Crippen molar-refractivity contribution in [3.8, 4) is 17.2 Å². The summed E-state index contributed by atoms with van der Waals surface area (Å²) in [7, 11) is -3.99. The Bertz CT molecular complexity index is 2680. The molecule has 14 heteroatoms. The summed E-state index contributed by atoms with van der Waals surface area (Å²) < 4.78 is 46.9. The van der Waals surface area contributed by atoms with E-state index in [-0.39, 0.29) is 29.5 Å². The molecule has 2 saturated heterocycles. The van der Waals surface area contributed by atoms with Gasteiger partial charge in [0.25, 0.3) is 0 Å². The van der Waals surface area contributed by atoms with Gasteiger partial charge in [0.2, 0.25) is 0 Å². The summed E-state index contributed by atoms with van der Waals surface area (Å²) in [5.41, 5.74) is 0.0287. The number of esters is 1. The van der Waals surface area contributed by atoms with Gasteiger partial charge in [0.1, 0.15) is 22.8 Å². The third kappa shape index (κ3) is 5.63. The Balaban J connectivity index is 1.35. The highest BCUT2D eigenvalue weighted by molar-refractivity contribution is 7.46. The van der Waals surface area contributed by atoms with Crippen LogP contribution in [0.3, 0.4) is 0 Å². The standard InChI is InChI=1S/C50H57N2O11P/c1-26(2)13-12-20-47(8)21-19-32-40(60-47)31(17-16-27(3)4)41-37(42(32)62-64(56,57)58)50-43-35(36-38(52(50)24-23-51-50)29-14-10-11-15-30(29)39(36)53)33-25-34-46(6,7)63-48(44(33)54,49(34,43)61-41)22-18-28(5)45(55)59-9/h10-11,13-16,18-19,21,33-35,43,51H,12,17,20,22-25H2,1-9H3,(H2,56,57,58). The zero-order valence-corrected chi connectivity index (χ0v) is 38.8. The minimum absolute atomic E-state index is 0.0281. The molecule has 338 valence electrons. The Morgan fingerprint density at radius 1 is 1.00 bits per heavy atom. The van der Waals surface area contributed by atoms with Gasteiger partial charge >= 0.3 is 13.8 Å². The second-order valence-electron chi connectivity index (χ2n) is 20.1. The molecule has 9 aliphatic rings. The number of hydrogen-bond donors (Lipinski definition) is 3. The van der Waals surface area contributed by atoms with Crippen LogP contribution in [0.5, 0.6) is 17.2 Å². The molecule has 0 radical (unpaired) electrons. The van der Waals surface area contributed by atoms with Crippen molar-refractivity contribution in [1.29, 1.82) is 0 Å². The average Bonchev–Trinajstić information content (AvgIpc) is 3.82. The third-order valence-electron chi connectivity index (χ3n) is 15.4. The number of carbonyl (C=O) groups excluding carboxylic acids is 3. The maximum absolute atomic E-state index is 16.0. The number of ether oxygens (including phenoxy) is 4. The molecule has 2 aromatic carbocycles. The topological polar surface area (TPSA) is 170 Å². The van der Waals surface area contributed by atoms with Gasteiger partial charge in [-0.1, -0.05) is 53.6 Å². The zero-order valence-electron chi connectivity index (χ0n) is 37.9. The Labute approximate surface area is 373 Å². The molecule has 13 nitrogen and oxygen atoms in total. The van der Waals surface area contributed by atoms with Crippen LogP contribution in [0.15, 0.2) is 70.9 Å². The Morgan fingerprint density at radius 2 is 1.72 bits per heavy atom. The second-order valence-corrected chi connectivity index (χ2v) is 21.3. The lowest BCUT2D eigenvalue weighted by Crippen LogP contribution is -2.84. The molecule has 0 aromatic heterocycles. The van der Waals surface area contributed by atoms with Crippen molar-refractivity contribution < 1.29 is 52.2 Å². The van der Waals surface area contributed by atoms with E-state index >= 15 is 9.59 Å². The van der Waals surface area contributed by atoms with Gasteiger partial charge in [0, 0.05) is 65.1 Å². The van der Waals surface area contributed by atoms with Crippen molar-refractivity contribution in [2.45, 2.75) is 116 Å². The lowest BCUT2D eigenvalue weighted by molar-refractivity contribution is -0.245. The van der Waals surface area contributed by atoms with Crippen LogP contribution in [0.2, 0.25) is 0 Å². The van der Waals surface area contributed by atoms with Crippen LogP contribution in [0, 0.1) is 23.7 Å². The van der Waals surface area contributed by atoms with E-state index in [1.807, 2.05) is 84.9 Å². The van der Waals surface area contributed by atoms with E-state index < -0.39 is 65.5 Å². The molecule has 0 amide bonds. The zero-order chi connectivity index (χ0) is 45.7. The van der Waals surface area contributed by atoms with E-state index in [2.05, 4.69) is 22.4 Å². The SMILES string of the molecule is COC(=O)C(C)=CCC12OC(C)(C)C3CC(C1=O)C1C4=C(c5ccccc5C4=O)N4CCNC45c4c(OP(=O)(O)O)c6c(c(CC=C(C)C)c4OC32C15)OC(C)(CCC=C(C)C)C=C6. The van der Waals surface area contributed by atoms with Gasteiger partial charge in [-0.2, -0.15) is 0 Å². The number of fused-ring (bicyclic) bond motifs is 5. The predicted octanol–water partition coefficient (Wildman–Crippen LogP) is 7.90. The maximum atomic E-state index is 16.0. The average molecular weight is 893 g/mol. The number of carbonyl (C=O) groups is 3. The molecule has 8 unspecified atom stereocenters. The molecule has 5 fully saturated rings. The smallest absolute Gasteiger partial charge is 0.482 e. The number of nitrogens with one attached hydrogen (secondary N) is 1. The molecule has 11 rings (SSSR count). The van der Waals surface area contributed by atoms with E-state index in [0.29, 0.717) is 77.2 Å². The number of nitrogens with zero attached hydrogens (tertiary/aromatic N) is 1. The largest absolute Gasteiger partial charge is 0.524 e. The predicted molar refractivity (Wildman–Crippen MR) is 238 cm³/mol. The molecule has 5 heterocycles. The quantitative estimate of drug-likeness (QED) is 0.0912. The minimum atomic E-state index is -5.30. The lowest BCUT2D eigenvalue weighted by atomic mass is 9.39. The minimum Gasteiger partial charge on any atom is -0.482 e. The van der Waals surface area contributed by atoms with Gasteiger partial charge in [-0.3, -0.25) is 24.7 Å². The maximum Gasteiger partial charge on any atom is 0.524 e. The van der Waals surface area contributed by atoms with Crippen molar-refractivity contribution in [2.24, 2.45) is 23.7 Å². The molecule has 4 aliphatic carbocycles. The van der Waals surface area contributed by atoms with Crippen LogP contribution in [0.25, 0.3) is 11.8 Å². The molecule has 2 spiro atoms. The Morgan fingerprint density at radius 3 is 2.41 bits per heavy atom. The molecule has 8 atom stereocenters. The molecule has 4 bridgehead atoms. The fourth-order valence-corrected chi connectivity index (χ4v) is 13.6. The number of benzene rings is 2. The van der Waals surface area contributed by atoms with E-state index in [1.54, 1.807) is 13.0 Å². The van der Waals surface area contributed by atoms with Gasteiger partial charge in [0.15, 0.2) is 28.5 Å². The molecule has 2 aromatic rings. The molecule has 5 aliphatic heterocycles. The second kappa shape index (κ2) is 14.1. The van der Waals surface area contributed by atoms with Crippen LogP contribution in [-0.4, -0.2) is 74.8 Å². The van der Waals surface area contributed by atoms with Gasteiger partial charge in [-0.15, -0.1) is 0 Å². The first-order valence-electron chi connectivity index (χ1n) is 22.4. The first-order chi connectivity index (χ1) is 30.2. The molecule has 64 heavy (non-hydrogen) atoms.